The van der Waals surface area contributed by atoms with E-state index in [1.54, 1.807) is 6.92 Å². The molecule has 0 saturated carbocycles. The van der Waals surface area contributed by atoms with Crippen molar-refractivity contribution >= 4 is 22.3 Å². The van der Waals surface area contributed by atoms with Crippen molar-refractivity contribution in [3.63, 3.8) is 0 Å². The summed E-state index contributed by atoms with van der Waals surface area (Å²) < 4.78 is 65.4. The van der Waals surface area contributed by atoms with Gasteiger partial charge in [-0.2, -0.15) is 0 Å². The van der Waals surface area contributed by atoms with Gasteiger partial charge in [0.05, 0.1) is 12.4 Å². The zero-order valence-electron chi connectivity index (χ0n) is 11.4. The van der Waals surface area contributed by atoms with Crippen LogP contribution in [-0.2, 0) is 9.84 Å². The summed E-state index contributed by atoms with van der Waals surface area (Å²) in [4.78, 5) is 0. The molecule has 8 heteroatoms. The van der Waals surface area contributed by atoms with Crippen LogP contribution in [0.4, 0.5) is 12.9 Å². The first-order chi connectivity index (χ1) is 9.15. The molecule has 0 heterocycles. The summed E-state index contributed by atoms with van der Waals surface area (Å²) in [5.74, 6) is 0.448. The maximum atomic E-state index is 12.5. The Balaban J connectivity index is 2.58. The minimum atomic E-state index is -5.01. The van der Waals surface area contributed by atoms with Gasteiger partial charge in [0.1, 0.15) is 15.6 Å². The van der Waals surface area contributed by atoms with Crippen molar-refractivity contribution in [2.75, 3.05) is 18.1 Å². The van der Waals surface area contributed by atoms with Crippen molar-refractivity contribution in [2.45, 2.75) is 20.3 Å². The summed E-state index contributed by atoms with van der Waals surface area (Å²) in [6.07, 6.45) is 0.320. The van der Waals surface area contributed by atoms with Crippen molar-refractivity contribution in [1.29, 1.82) is 0 Å². The number of hydrogen-bond donors (Lipinski definition) is 0. The Labute approximate surface area is 117 Å². The first kappa shape index (κ1) is 16.9. The first-order valence-electron chi connectivity index (χ1n) is 6.29. The Morgan fingerprint density at radius 3 is 2.40 bits per heavy atom. The van der Waals surface area contributed by atoms with E-state index in [1.165, 1.54) is 13.0 Å². The zero-order chi connectivity index (χ0) is 15.4. The quantitative estimate of drug-likeness (QED) is 0.573. The highest BCUT2D eigenvalue weighted by Gasteiger charge is 2.25. The predicted molar refractivity (Wildman–Crippen MR) is 74.3 cm³/mol. The number of rotatable bonds is 7. The SMILES string of the molecule is CCS(=O)(=O)CCCOc1ccc([B-](F)(F)F)cc1C. The minimum Gasteiger partial charge on any atom is -0.493 e. The number of halogens is 3. The molecule has 0 amide bonds. The van der Waals surface area contributed by atoms with Crippen LogP contribution < -0.4 is 10.2 Å². The summed E-state index contributed by atoms with van der Waals surface area (Å²) in [5.41, 5.74) is -0.275. The van der Waals surface area contributed by atoms with E-state index in [9.17, 15) is 21.4 Å². The third-order valence-corrected chi connectivity index (χ3v) is 4.66. The van der Waals surface area contributed by atoms with Gasteiger partial charge in [0.15, 0.2) is 0 Å². The number of ether oxygens (including phenoxy) is 1. The summed E-state index contributed by atoms with van der Waals surface area (Å²) in [6.45, 7) is -1.75. The third-order valence-electron chi connectivity index (χ3n) is 2.87. The Morgan fingerprint density at radius 1 is 1.25 bits per heavy atom. The van der Waals surface area contributed by atoms with Gasteiger partial charge in [-0.15, -0.1) is 5.46 Å². The van der Waals surface area contributed by atoms with Gasteiger partial charge in [-0.3, -0.25) is 0 Å². The monoisotopic (exact) mass is 309 g/mol. The summed E-state index contributed by atoms with van der Waals surface area (Å²) in [6, 6.07) is 3.29. The van der Waals surface area contributed by atoms with Crippen LogP contribution in [-0.4, -0.2) is 33.5 Å². The van der Waals surface area contributed by atoms with E-state index in [4.69, 9.17) is 4.74 Å². The largest absolute Gasteiger partial charge is 0.509 e. The molecule has 0 saturated heterocycles. The van der Waals surface area contributed by atoms with E-state index in [0.29, 0.717) is 17.7 Å². The standard InChI is InChI=1S/C12H17BF3O3S/c1-3-20(17,18)8-4-7-19-12-6-5-11(9-10(12)2)13(14,15)16/h5-6,9H,3-4,7-8H2,1-2H3/q-1. The van der Waals surface area contributed by atoms with Crippen molar-refractivity contribution < 1.29 is 26.1 Å². The molecule has 0 spiro atoms. The summed E-state index contributed by atoms with van der Waals surface area (Å²) in [7, 11) is -3.04. The van der Waals surface area contributed by atoms with Crippen molar-refractivity contribution in [3.8, 4) is 5.75 Å². The van der Waals surface area contributed by atoms with E-state index in [-0.39, 0.29) is 18.1 Å². The Kier molecular flexibility index (Phi) is 5.50. The predicted octanol–water partition coefficient (Wildman–Crippen LogP) is 2.25. The molecule has 0 radical (unpaired) electrons. The van der Waals surface area contributed by atoms with Gasteiger partial charge in [0.2, 0.25) is 0 Å². The second-order valence-electron chi connectivity index (χ2n) is 4.54. The second-order valence-corrected chi connectivity index (χ2v) is 7.01. The Bertz CT molecular complexity index is 556. The van der Waals surface area contributed by atoms with Gasteiger partial charge in [-0.05, 0) is 25.0 Å². The molecule has 1 aromatic carbocycles. The molecular weight excluding hydrogens is 292 g/mol. The van der Waals surface area contributed by atoms with Crippen LogP contribution in [0.25, 0.3) is 0 Å². The minimum absolute atomic E-state index is 0.0201. The Hall–Kier alpha value is -1.18. The molecule has 0 N–H and O–H groups in total. The fourth-order valence-corrected chi connectivity index (χ4v) is 2.49. The molecule has 0 aliphatic rings. The van der Waals surface area contributed by atoms with E-state index < -0.39 is 22.3 Å². The average molecular weight is 309 g/mol. The molecule has 0 fully saturated rings. The van der Waals surface area contributed by atoms with Gasteiger partial charge < -0.3 is 17.7 Å². The number of hydrogen-bond acceptors (Lipinski definition) is 3. The smallest absolute Gasteiger partial charge is 0.493 e. The van der Waals surface area contributed by atoms with Crippen LogP contribution in [0.3, 0.4) is 0 Å². The molecule has 3 nitrogen and oxygen atoms in total. The van der Waals surface area contributed by atoms with Crippen LogP contribution in [0.5, 0.6) is 5.75 Å². The van der Waals surface area contributed by atoms with Crippen molar-refractivity contribution in [3.05, 3.63) is 23.8 Å². The lowest BCUT2D eigenvalue weighted by Gasteiger charge is -2.17. The topological polar surface area (TPSA) is 43.4 Å². The lowest BCUT2D eigenvalue weighted by atomic mass is 9.79. The highest BCUT2D eigenvalue weighted by Crippen LogP contribution is 2.19. The van der Waals surface area contributed by atoms with E-state index >= 15 is 0 Å². The van der Waals surface area contributed by atoms with Gasteiger partial charge in [-0.25, -0.2) is 8.42 Å². The number of aryl methyl sites for hydroxylation is 1. The zero-order valence-corrected chi connectivity index (χ0v) is 12.2. The third kappa shape index (κ3) is 5.07. The lowest BCUT2D eigenvalue weighted by molar-refractivity contribution is 0.315. The molecule has 1 rings (SSSR count). The van der Waals surface area contributed by atoms with Crippen LogP contribution >= 0.6 is 0 Å². The average Bonchev–Trinajstić information content (AvgIpc) is 2.35. The molecule has 20 heavy (non-hydrogen) atoms. The fraction of sp³-hybridized carbons (Fsp3) is 0.500. The summed E-state index contributed by atoms with van der Waals surface area (Å²) >= 11 is 0. The van der Waals surface area contributed by atoms with Gasteiger partial charge in [0, 0.05) is 5.75 Å². The van der Waals surface area contributed by atoms with Crippen LogP contribution in [0.15, 0.2) is 18.2 Å². The van der Waals surface area contributed by atoms with E-state index in [2.05, 4.69) is 0 Å². The van der Waals surface area contributed by atoms with Gasteiger partial charge in [0.25, 0.3) is 0 Å². The van der Waals surface area contributed by atoms with Gasteiger partial charge >= 0.3 is 6.98 Å². The van der Waals surface area contributed by atoms with Gasteiger partial charge in [-0.1, -0.05) is 19.1 Å². The molecular formula is C12H17BF3O3S-. The fourth-order valence-electron chi connectivity index (χ4n) is 1.64. The second kappa shape index (κ2) is 6.52. The normalized spacial score (nSPS) is 12.4. The van der Waals surface area contributed by atoms with Crippen LogP contribution in [0.1, 0.15) is 18.9 Å². The molecule has 0 aliphatic heterocycles. The molecule has 0 aromatic heterocycles. The molecule has 0 unspecified atom stereocenters. The van der Waals surface area contributed by atoms with E-state index in [1.807, 2.05) is 0 Å². The van der Waals surface area contributed by atoms with Crippen LogP contribution in [0.2, 0.25) is 0 Å². The maximum absolute atomic E-state index is 12.5. The highest BCUT2D eigenvalue weighted by molar-refractivity contribution is 7.91. The van der Waals surface area contributed by atoms with Crippen molar-refractivity contribution in [2.24, 2.45) is 0 Å². The molecule has 0 bridgehead atoms. The maximum Gasteiger partial charge on any atom is 0.509 e. The highest BCUT2D eigenvalue weighted by atomic mass is 32.2. The first-order valence-corrected chi connectivity index (χ1v) is 8.11. The number of sulfone groups is 1. The molecule has 1 aromatic rings. The molecule has 0 aliphatic carbocycles. The van der Waals surface area contributed by atoms with E-state index in [0.717, 1.165) is 12.1 Å². The summed E-state index contributed by atoms with van der Waals surface area (Å²) in [5, 5.41) is 0. The Morgan fingerprint density at radius 2 is 1.90 bits per heavy atom. The lowest BCUT2D eigenvalue weighted by Crippen LogP contribution is -2.34. The van der Waals surface area contributed by atoms with Crippen LogP contribution in [0, 0.1) is 6.92 Å². The molecule has 114 valence electrons. The number of benzene rings is 1. The van der Waals surface area contributed by atoms with Crippen molar-refractivity contribution in [1.82, 2.24) is 0 Å². The molecule has 0 atom stereocenters.